The molecule has 0 aromatic heterocycles. The highest BCUT2D eigenvalue weighted by atomic mass is 16.5. The van der Waals surface area contributed by atoms with Gasteiger partial charge in [0.15, 0.2) is 0 Å². The molecular formula is C23H38N4O3. The van der Waals surface area contributed by atoms with Crippen LogP contribution in [0.25, 0.3) is 0 Å². The number of piperidine rings is 1. The van der Waals surface area contributed by atoms with Crippen LogP contribution in [-0.4, -0.2) is 99.3 Å². The number of nitrogens with one attached hydrogen (secondary N) is 1. The molecule has 1 aromatic rings. The summed E-state index contributed by atoms with van der Waals surface area (Å²) in [7, 11) is 2.25. The summed E-state index contributed by atoms with van der Waals surface area (Å²) in [6.45, 7) is 10.5. The summed E-state index contributed by atoms with van der Waals surface area (Å²) in [4.78, 5) is 19.6. The lowest BCUT2D eigenvalue weighted by atomic mass is 10.0. The zero-order chi connectivity index (χ0) is 21.2. The maximum atomic E-state index is 12.2. The van der Waals surface area contributed by atoms with Gasteiger partial charge in [-0.25, -0.2) is 0 Å². The minimum absolute atomic E-state index is 0.0748. The van der Waals surface area contributed by atoms with Crippen LogP contribution in [0, 0.1) is 0 Å². The van der Waals surface area contributed by atoms with E-state index in [9.17, 15) is 4.79 Å². The van der Waals surface area contributed by atoms with Crippen LogP contribution in [0.15, 0.2) is 24.3 Å². The van der Waals surface area contributed by atoms with E-state index in [1.54, 1.807) is 0 Å². The zero-order valence-electron chi connectivity index (χ0n) is 18.6. The van der Waals surface area contributed by atoms with E-state index in [-0.39, 0.29) is 5.91 Å². The van der Waals surface area contributed by atoms with Gasteiger partial charge in [-0.1, -0.05) is 6.42 Å². The lowest BCUT2D eigenvalue weighted by Crippen LogP contribution is -2.53. The molecule has 3 rings (SSSR count). The van der Waals surface area contributed by atoms with Gasteiger partial charge in [0, 0.05) is 38.8 Å². The number of benzene rings is 1. The van der Waals surface area contributed by atoms with Crippen LogP contribution < -0.4 is 14.8 Å². The number of carbonyl (C=O) groups is 1. The fourth-order valence-corrected chi connectivity index (χ4v) is 4.22. The third kappa shape index (κ3) is 7.45. The van der Waals surface area contributed by atoms with Crippen molar-refractivity contribution in [2.75, 3.05) is 72.6 Å². The van der Waals surface area contributed by atoms with Crippen LogP contribution in [0.2, 0.25) is 0 Å². The molecule has 1 aromatic carbocycles. The Hall–Kier alpha value is -1.83. The summed E-state index contributed by atoms with van der Waals surface area (Å²) >= 11 is 0. The first kappa shape index (κ1) is 22.8. The molecule has 2 saturated heterocycles. The lowest BCUT2D eigenvalue weighted by molar-refractivity contribution is -0.122. The molecule has 0 radical (unpaired) electrons. The van der Waals surface area contributed by atoms with E-state index < -0.39 is 0 Å². The molecule has 2 aliphatic rings. The Morgan fingerprint density at radius 1 is 1.00 bits per heavy atom. The first-order valence-corrected chi connectivity index (χ1v) is 11.4. The molecule has 0 aliphatic carbocycles. The summed E-state index contributed by atoms with van der Waals surface area (Å²) in [5, 5.41) is 2.96. The molecule has 1 atom stereocenters. The quantitative estimate of drug-likeness (QED) is 0.584. The lowest BCUT2D eigenvalue weighted by Gasteiger charge is -2.40. The Bertz CT molecular complexity index is 632. The molecule has 30 heavy (non-hydrogen) atoms. The predicted octanol–water partition coefficient (Wildman–Crippen LogP) is 1.68. The van der Waals surface area contributed by atoms with Gasteiger partial charge >= 0.3 is 0 Å². The highest BCUT2D eigenvalue weighted by Gasteiger charge is 2.24. The largest absolute Gasteiger partial charge is 0.494 e. The molecule has 1 amide bonds. The standard InChI is InChI=1S/C23H38N4O3/c1-3-29-21-7-9-22(10-8-21)30-17-11-24-23(28)19-27-15-13-26(14-16-27)18-20-6-4-5-12-25(20)2/h7-10,20H,3-6,11-19H2,1-2H3,(H,24,28). The smallest absolute Gasteiger partial charge is 0.234 e. The molecule has 2 fully saturated rings. The minimum atomic E-state index is 0.0748. The van der Waals surface area contributed by atoms with Gasteiger partial charge in [0.2, 0.25) is 5.91 Å². The Kier molecular flexibility index (Phi) is 9.24. The summed E-state index contributed by atoms with van der Waals surface area (Å²) < 4.78 is 11.1. The molecule has 0 spiro atoms. The van der Waals surface area contributed by atoms with Gasteiger partial charge in [-0.15, -0.1) is 0 Å². The van der Waals surface area contributed by atoms with Gasteiger partial charge < -0.3 is 19.7 Å². The van der Waals surface area contributed by atoms with Crippen molar-refractivity contribution in [1.29, 1.82) is 0 Å². The van der Waals surface area contributed by atoms with E-state index in [1.807, 2.05) is 31.2 Å². The summed E-state index contributed by atoms with van der Waals surface area (Å²) in [6.07, 6.45) is 4.01. The van der Waals surface area contributed by atoms with Gasteiger partial charge in [0.1, 0.15) is 18.1 Å². The maximum Gasteiger partial charge on any atom is 0.234 e. The molecule has 0 saturated carbocycles. The molecule has 1 unspecified atom stereocenters. The molecule has 1 N–H and O–H groups in total. The number of likely N-dealkylation sites (tertiary alicyclic amines) is 1. The molecular weight excluding hydrogens is 380 g/mol. The summed E-state index contributed by atoms with van der Waals surface area (Å²) in [6, 6.07) is 8.26. The fraction of sp³-hybridized carbons (Fsp3) is 0.696. The average Bonchev–Trinajstić information content (AvgIpc) is 2.76. The second-order valence-corrected chi connectivity index (χ2v) is 8.31. The number of hydrogen-bond acceptors (Lipinski definition) is 6. The molecule has 168 valence electrons. The Morgan fingerprint density at radius 3 is 2.33 bits per heavy atom. The van der Waals surface area contributed by atoms with Crippen LogP contribution in [0.3, 0.4) is 0 Å². The van der Waals surface area contributed by atoms with Crippen LogP contribution >= 0.6 is 0 Å². The number of nitrogens with zero attached hydrogens (tertiary/aromatic N) is 3. The van der Waals surface area contributed by atoms with Crippen molar-refractivity contribution < 1.29 is 14.3 Å². The molecule has 7 heteroatoms. The van der Waals surface area contributed by atoms with Crippen molar-refractivity contribution >= 4 is 5.91 Å². The van der Waals surface area contributed by atoms with E-state index in [1.165, 1.54) is 32.4 Å². The van der Waals surface area contributed by atoms with E-state index in [0.29, 0.717) is 32.3 Å². The van der Waals surface area contributed by atoms with Gasteiger partial charge in [0.25, 0.3) is 0 Å². The van der Waals surface area contributed by atoms with Gasteiger partial charge in [-0.05, 0) is 57.6 Å². The number of likely N-dealkylation sites (N-methyl/N-ethyl adjacent to an activating group) is 1. The van der Waals surface area contributed by atoms with Crippen molar-refractivity contribution in [3.05, 3.63) is 24.3 Å². The third-order valence-electron chi connectivity index (χ3n) is 6.05. The molecule has 2 aliphatic heterocycles. The second kappa shape index (κ2) is 12.1. The van der Waals surface area contributed by atoms with Crippen molar-refractivity contribution in [2.24, 2.45) is 0 Å². The highest BCUT2D eigenvalue weighted by Crippen LogP contribution is 2.18. The maximum absolute atomic E-state index is 12.2. The van der Waals surface area contributed by atoms with E-state index >= 15 is 0 Å². The molecule has 0 bridgehead atoms. The van der Waals surface area contributed by atoms with Crippen LogP contribution in [0.1, 0.15) is 26.2 Å². The Balaban J connectivity index is 1.26. The number of carbonyl (C=O) groups excluding carboxylic acids is 1. The summed E-state index contributed by atoms with van der Waals surface area (Å²) in [5.74, 6) is 1.70. The minimum Gasteiger partial charge on any atom is -0.494 e. The predicted molar refractivity (Wildman–Crippen MR) is 119 cm³/mol. The van der Waals surface area contributed by atoms with Gasteiger partial charge in [-0.2, -0.15) is 0 Å². The van der Waals surface area contributed by atoms with E-state index in [0.717, 1.165) is 37.7 Å². The number of amides is 1. The zero-order valence-corrected chi connectivity index (χ0v) is 18.6. The van der Waals surface area contributed by atoms with Gasteiger partial charge in [-0.3, -0.25) is 14.6 Å². The van der Waals surface area contributed by atoms with E-state index in [2.05, 4.69) is 27.1 Å². The number of ether oxygens (including phenoxy) is 2. The topological polar surface area (TPSA) is 57.3 Å². The second-order valence-electron chi connectivity index (χ2n) is 8.31. The molecule has 7 nitrogen and oxygen atoms in total. The van der Waals surface area contributed by atoms with E-state index in [4.69, 9.17) is 9.47 Å². The number of piperazine rings is 1. The number of rotatable bonds is 10. The van der Waals surface area contributed by atoms with Crippen LogP contribution in [0.5, 0.6) is 11.5 Å². The SMILES string of the molecule is CCOc1ccc(OCCNC(=O)CN2CCN(CC3CCCCN3C)CC2)cc1. The Labute approximate surface area is 181 Å². The van der Waals surface area contributed by atoms with Crippen LogP contribution in [0.4, 0.5) is 0 Å². The summed E-state index contributed by atoms with van der Waals surface area (Å²) in [5.41, 5.74) is 0. The van der Waals surface area contributed by atoms with Gasteiger partial charge in [0.05, 0.1) is 19.7 Å². The monoisotopic (exact) mass is 418 g/mol. The fourth-order valence-electron chi connectivity index (χ4n) is 4.22. The molecule has 2 heterocycles. The normalized spacial score (nSPS) is 21.3. The number of hydrogen-bond donors (Lipinski definition) is 1. The average molecular weight is 419 g/mol. The van der Waals surface area contributed by atoms with Crippen molar-refractivity contribution in [3.63, 3.8) is 0 Å². The van der Waals surface area contributed by atoms with Crippen molar-refractivity contribution in [2.45, 2.75) is 32.2 Å². The first-order chi connectivity index (χ1) is 14.6. The van der Waals surface area contributed by atoms with Crippen molar-refractivity contribution in [3.8, 4) is 11.5 Å². The van der Waals surface area contributed by atoms with Crippen LogP contribution in [-0.2, 0) is 4.79 Å². The third-order valence-corrected chi connectivity index (χ3v) is 6.05. The Morgan fingerprint density at radius 2 is 1.67 bits per heavy atom. The van der Waals surface area contributed by atoms with Crippen molar-refractivity contribution in [1.82, 2.24) is 20.0 Å². The first-order valence-electron chi connectivity index (χ1n) is 11.4. The highest BCUT2D eigenvalue weighted by molar-refractivity contribution is 5.78.